The summed E-state index contributed by atoms with van der Waals surface area (Å²) in [7, 11) is 1.67. The second kappa shape index (κ2) is 7.75. The van der Waals surface area contributed by atoms with Crippen molar-refractivity contribution in [3.05, 3.63) is 29.8 Å². The lowest BCUT2D eigenvalue weighted by atomic mass is 10.2. The first-order valence-corrected chi connectivity index (χ1v) is 6.70. The zero-order chi connectivity index (χ0) is 15.0. The van der Waals surface area contributed by atoms with Crippen molar-refractivity contribution in [2.75, 3.05) is 25.5 Å². The van der Waals surface area contributed by atoms with Crippen LogP contribution < -0.4 is 10.6 Å². The predicted molar refractivity (Wildman–Crippen MR) is 79.9 cm³/mol. The molecule has 0 fully saturated rings. The number of rotatable bonds is 6. The third kappa shape index (κ3) is 6.43. The van der Waals surface area contributed by atoms with Gasteiger partial charge in [0, 0.05) is 31.5 Å². The third-order valence-electron chi connectivity index (χ3n) is 2.43. The van der Waals surface area contributed by atoms with Crippen LogP contribution in [0.4, 0.5) is 10.5 Å². The Labute approximate surface area is 120 Å². The summed E-state index contributed by atoms with van der Waals surface area (Å²) in [6.45, 7) is 7.20. The van der Waals surface area contributed by atoms with Gasteiger partial charge in [0.05, 0.1) is 6.61 Å². The molecule has 1 rings (SSSR count). The van der Waals surface area contributed by atoms with E-state index in [0.29, 0.717) is 19.7 Å². The molecule has 0 radical (unpaired) electrons. The number of para-hydroxylation sites is 1. The van der Waals surface area contributed by atoms with Crippen LogP contribution in [0.2, 0.25) is 0 Å². The summed E-state index contributed by atoms with van der Waals surface area (Å²) in [5.74, 6) is 0. The smallest absolute Gasteiger partial charge is 0.407 e. The Morgan fingerprint density at radius 3 is 2.55 bits per heavy atom. The first-order chi connectivity index (χ1) is 9.42. The highest BCUT2D eigenvalue weighted by atomic mass is 16.6. The quantitative estimate of drug-likeness (QED) is 0.787. The maximum Gasteiger partial charge on any atom is 0.407 e. The molecule has 1 amide bonds. The van der Waals surface area contributed by atoms with Crippen molar-refractivity contribution in [3.8, 4) is 0 Å². The van der Waals surface area contributed by atoms with Gasteiger partial charge in [-0.2, -0.15) is 0 Å². The first kappa shape index (κ1) is 16.3. The molecule has 0 atom stereocenters. The Morgan fingerprint density at radius 1 is 1.20 bits per heavy atom. The monoisotopic (exact) mass is 280 g/mol. The van der Waals surface area contributed by atoms with Crippen LogP contribution in [-0.2, 0) is 16.1 Å². The number of carbonyl (C=O) groups excluding carboxylic acids is 1. The van der Waals surface area contributed by atoms with Gasteiger partial charge in [0.15, 0.2) is 0 Å². The molecule has 5 nitrogen and oxygen atoms in total. The molecule has 1 aromatic carbocycles. The summed E-state index contributed by atoms with van der Waals surface area (Å²) in [6.07, 6.45) is -0.399. The average Bonchev–Trinajstić information content (AvgIpc) is 2.34. The molecule has 5 heteroatoms. The van der Waals surface area contributed by atoms with Crippen molar-refractivity contribution in [2.24, 2.45) is 0 Å². The number of carbonyl (C=O) groups is 1. The highest BCUT2D eigenvalue weighted by molar-refractivity contribution is 5.67. The predicted octanol–water partition coefficient (Wildman–Crippen LogP) is 2.77. The minimum Gasteiger partial charge on any atom is -0.444 e. The van der Waals surface area contributed by atoms with E-state index >= 15 is 0 Å². The van der Waals surface area contributed by atoms with Crippen molar-refractivity contribution < 1.29 is 14.3 Å². The highest BCUT2D eigenvalue weighted by Crippen LogP contribution is 2.15. The molecule has 0 spiro atoms. The van der Waals surface area contributed by atoms with Gasteiger partial charge >= 0.3 is 6.09 Å². The maximum atomic E-state index is 11.5. The zero-order valence-corrected chi connectivity index (χ0v) is 12.7. The molecular formula is C15H24N2O3. The normalized spacial score (nSPS) is 11.0. The van der Waals surface area contributed by atoms with E-state index in [1.54, 1.807) is 7.11 Å². The Balaban J connectivity index is 2.33. The van der Waals surface area contributed by atoms with Crippen LogP contribution in [0, 0.1) is 0 Å². The van der Waals surface area contributed by atoms with E-state index in [1.807, 2.05) is 45.0 Å². The van der Waals surface area contributed by atoms with E-state index in [-0.39, 0.29) is 0 Å². The topological polar surface area (TPSA) is 59.6 Å². The average molecular weight is 280 g/mol. The SMILES string of the molecule is COCc1ccccc1NCCNC(=O)OC(C)(C)C. The fraction of sp³-hybridized carbons (Fsp3) is 0.533. The van der Waals surface area contributed by atoms with Gasteiger partial charge in [0.25, 0.3) is 0 Å². The number of anilines is 1. The van der Waals surface area contributed by atoms with E-state index in [2.05, 4.69) is 10.6 Å². The third-order valence-corrected chi connectivity index (χ3v) is 2.43. The van der Waals surface area contributed by atoms with E-state index < -0.39 is 11.7 Å². The molecule has 0 bridgehead atoms. The number of nitrogens with one attached hydrogen (secondary N) is 2. The van der Waals surface area contributed by atoms with Crippen LogP contribution in [0.5, 0.6) is 0 Å². The standard InChI is InChI=1S/C15H24N2O3/c1-15(2,3)20-14(18)17-10-9-16-13-8-6-5-7-12(13)11-19-4/h5-8,16H,9-11H2,1-4H3,(H,17,18). The lowest BCUT2D eigenvalue weighted by Gasteiger charge is -2.19. The molecule has 112 valence electrons. The molecule has 0 aliphatic carbocycles. The van der Waals surface area contributed by atoms with Crippen LogP contribution in [-0.4, -0.2) is 31.9 Å². The molecule has 0 aromatic heterocycles. The summed E-state index contributed by atoms with van der Waals surface area (Å²) in [6, 6.07) is 7.93. The number of ether oxygens (including phenoxy) is 2. The summed E-state index contributed by atoms with van der Waals surface area (Å²) < 4.78 is 10.3. The Bertz CT molecular complexity index is 427. The number of amides is 1. The number of hydrogen-bond acceptors (Lipinski definition) is 4. The molecule has 0 unspecified atom stereocenters. The van der Waals surface area contributed by atoms with Gasteiger partial charge in [-0.1, -0.05) is 18.2 Å². The second-order valence-electron chi connectivity index (χ2n) is 5.45. The minimum absolute atomic E-state index is 0.399. The highest BCUT2D eigenvalue weighted by Gasteiger charge is 2.15. The van der Waals surface area contributed by atoms with E-state index in [0.717, 1.165) is 11.3 Å². The number of benzene rings is 1. The van der Waals surface area contributed by atoms with Gasteiger partial charge in [-0.05, 0) is 26.8 Å². The molecule has 0 aliphatic rings. The Kier molecular flexibility index (Phi) is 6.31. The zero-order valence-electron chi connectivity index (χ0n) is 12.7. The van der Waals surface area contributed by atoms with Crippen molar-refractivity contribution >= 4 is 11.8 Å². The fourth-order valence-electron chi connectivity index (χ4n) is 1.65. The molecule has 0 heterocycles. The Hall–Kier alpha value is -1.75. The van der Waals surface area contributed by atoms with Crippen LogP contribution in [0.15, 0.2) is 24.3 Å². The molecule has 20 heavy (non-hydrogen) atoms. The minimum atomic E-state index is -0.470. The molecule has 0 aliphatic heterocycles. The van der Waals surface area contributed by atoms with Crippen LogP contribution in [0.1, 0.15) is 26.3 Å². The molecular weight excluding hydrogens is 256 g/mol. The van der Waals surface area contributed by atoms with Crippen molar-refractivity contribution in [1.29, 1.82) is 0 Å². The number of alkyl carbamates (subject to hydrolysis) is 1. The molecule has 0 saturated heterocycles. The summed E-state index contributed by atoms with van der Waals surface area (Å²) in [4.78, 5) is 11.5. The Morgan fingerprint density at radius 2 is 1.90 bits per heavy atom. The van der Waals surface area contributed by atoms with Gasteiger partial charge in [0.2, 0.25) is 0 Å². The van der Waals surface area contributed by atoms with Crippen molar-refractivity contribution in [3.63, 3.8) is 0 Å². The van der Waals surface area contributed by atoms with Crippen molar-refractivity contribution in [1.82, 2.24) is 5.32 Å². The lowest BCUT2D eigenvalue weighted by molar-refractivity contribution is 0.0530. The van der Waals surface area contributed by atoms with Crippen molar-refractivity contribution in [2.45, 2.75) is 33.0 Å². The van der Waals surface area contributed by atoms with E-state index in [9.17, 15) is 4.79 Å². The van der Waals surface area contributed by atoms with Gasteiger partial charge in [-0.15, -0.1) is 0 Å². The van der Waals surface area contributed by atoms with Crippen LogP contribution in [0.3, 0.4) is 0 Å². The first-order valence-electron chi connectivity index (χ1n) is 6.70. The summed E-state index contributed by atoms with van der Waals surface area (Å²) >= 11 is 0. The van der Waals surface area contributed by atoms with Crippen LogP contribution >= 0.6 is 0 Å². The van der Waals surface area contributed by atoms with Gasteiger partial charge in [-0.3, -0.25) is 0 Å². The summed E-state index contributed by atoms with van der Waals surface area (Å²) in [5, 5.41) is 5.97. The number of methoxy groups -OCH3 is 1. The largest absolute Gasteiger partial charge is 0.444 e. The maximum absolute atomic E-state index is 11.5. The summed E-state index contributed by atoms with van der Waals surface area (Å²) in [5.41, 5.74) is 1.63. The molecule has 1 aromatic rings. The number of hydrogen-bond donors (Lipinski definition) is 2. The second-order valence-corrected chi connectivity index (χ2v) is 5.45. The van der Waals surface area contributed by atoms with E-state index in [1.165, 1.54) is 0 Å². The fourth-order valence-corrected chi connectivity index (χ4v) is 1.65. The van der Waals surface area contributed by atoms with Gasteiger partial charge in [-0.25, -0.2) is 4.79 Å². The lowest BCUT2D eigenvalue weighted by Crippen LogP contribution is -2.35. The molecule has 2 N–H and O–H groups in total. The van der Waals surface area contributed by atoms with Gasteiger partial charge in [0.1, 0.15) is 5.60 Å². The van der Waals surface area contributed by atoms with Gasteiger partial charge < -0.3 is 20.1 Å². The van der Waals surface area contributed by atoms with E-state index in [4.69, 9.17) is 9.47 Å². The van der Waals surface area contributed by atoms with Crippen LogP contribution in [0.25, 0.3) is 0 Å². The molecule has 0 saturated carbocycles.